The van der Waals surface area contributed by atoms with Crippen LogP contribution in [0.5, 0.6) is 0 Å². The van der Waals surface area contributed by atoms with Gasteiger partial charge in [0.1, 0.15) is 0 Å². The molecule has 3 aromatic carbocycles. The first-order chi connectivity index (χ1) is 12.3. The molecular weight excluding hydrogens is 302 g/mol. The largest absolute Gasteiger partial charge is 0.356 e. The molecule has 124 valence electrons. The first-order valence-corrected chi connectivity index (χ1v) is 8.62. The van der Waals surface area contributed by atoms with Crippen molar-refractivity contribution in [2.75, 3.05) is 5.32 Å². The van der Waals surface area contributed by atoms with Crippen molar-refractivity contribution in [3.05, 3.63) is 103 Å². The quantitative estimate of drug-likeness (QED) is 0.494. The van der Waals surface area contributed by atoms with E-state index in [-0.39, 0.29) is 0 Å². The van der Waals surface area contributed by atoms with Crippen molar-refractivity contribution in [2.24, 2.45) is 0 Å². The molecule has 0 fully saturated rings. The SMILES string of the molecule is C/C=C\C(=C/C)c1ccc(Nc2ccc(-c3ccccc3)cc2)cc1. The highest BCUT2D eigenvalue weighted by Gasteiger charge is 2.00. The van der Waals surface area contributed by atoms with E-state index in [4.69, 9.17) is 0 Å². The average Bonchev–Trinajstić information content (AvgIpc) is 2.68. The summed E-state index contributed by atoms with van der Waals surface area (Å²) in [5, 5.41) is 3.46. The zero-order valence-electron chi connectivity index (χ0n) is 14.7. The predicted octanol–water partition coefficient (Wildman–Crippen LogP) is 7.08. The Hall–Kier alpha value is -3.06. The number of allylic oxidation sites excluding steroid dienone is 4. The summed E-state index contributed by atoms with van der Waals surface area (Å²) < 4.78 is 0. The standard InChI is InChI=1S/C24H23N/c1-3-8-19(4-2)21-11-15-23(16-12-21)25-24-17-13-22(14-18-24)20-9-6-5-7-10-20/h3-18,25H,1-2H3/b8-3-,19-4+. The maximum Gasteiger partial charge on any atom is 0.0384 e. The molecule has 0 saturated heterocycles. The molecule has 0 aliphatic rings. The van der Waals surface area contributed by atoms with E-state index in [0.717, 1.165) is 11.4 Å². The number of anilines is 2. The van der Waals surface area contributed by atoms with Crippen LogP contribution in [0.25, 0.3) is 16.7 Å². The Labute approximate surface area is 150 Å². The van der Waals surface area contributed by atoms with E-state index >= 15 is 0 Å². The minimum Gasteiger partial charge on any atom is -0.356 e. The molecule has 1 N–H and O–H groups in total. The molecule has 3 rings (SSSR count). The van der Waals surface area contributed by atoms with Gasteiger partial charge in [-0.05, 0) is 60.4 Å². The fourth-order valence-corrected chi connectivity index (χ4v) is 2.83. The van der Waals surface area contributed by atoms with Gasteiger partial charge in [0.15, 0.2) is 0 Å². The minimum atomic E-state index is 1.09. The molecule has 0 atom stereocenters. The van der Waals surface area contributed by atoms with Gasteiger partial charge in [0.05, 0.1) is 0 Å². The Balaban J connectivity index is 1.72. The molecule has 0 saturated carbocycles. The van der Waals surface area contributed by atoms with Gasteiger partial charge in [0, 0.05) is 11.4 Å². The Kier molecular flexibility index (Phi) is 5.48. The smallest absolute Gasteiger partial charge is 0.0384 e. The summed E-state index contributed by atoms with van der Waals surface area (Å²) in [6.45, 7) is 4.11. The molecule has 0 bridgehead atoms. The highest BCUT2D eigenvalue weighted by atomic mass is 14.9. The third-order valence-electron chi connectivity index (χ3n) is 4.16. The van der Waals surface area contributed by atoms with Crippen LogP contribution in [-0.4, -0.2) is 0 Å². The van der Waals surface area contributed by atoms with Gasteiger partial charge in [-0.1, -0.05) is 72.8 Å². The number of hydrogen-bond acceptors (Lipinski definition) is 1. The minimum absolute atomic E-state index is 1.09. The van der Waals surface area contributed by atoms with Crippen LogP contribution in [0, 0.1) is 0 Å². The first-order valence-electron chi connectivity index (χ1n) is 8.62. The van der Waals surface area contributed by atoms with Crippen LogP contribution in [0.2, 0.25) is 0 Å². The van der Waals surface area contributed by atoms with Gasteiger partial charge in [-0.3, -0.25) is 0 Å². The lowest BCUT2D eigenvalue weighted by molar-refractivity contribution is 1.52. The zero-order valence-corrected chi connectivity index (χ0v) is 14.7. The van der Waals surface area contributed by atoms with Crippen LogP contribution in [0.4, 0.5) is 11.4 Å². The first kappa shape index (κ1) is 16.8. The van der Waals surface area contributed by atoms with Gasteiger partial charge in [-0.15, -0.1) is 0 Å². The monoisotopic (exact) mass is 325 g/mol. The van der Waals surface area contributed by atoms with Crippen LogP contribution in [0.15, 0.2) is 97.1 Å². The van der Waals surface area contributed by atoms with E-state index in [9.17, 15) is 0 Å². The van der Waals surface area contributed by atoms with E-state index in [1.54, 1.807) is 0 Å². The summed E-state index contributed by atoms with van der Waals surface area (Å²) in [7, 11) is 0. The molecule has 0 amide bonds. The van der Waals surface area contributed by atoms with Crippen LogP contribution < -0.4 is 5.32 Å². The van der Waals surface area contributed by atoms with Crippen molar-refractivity contribution in [2.45, 2.75) is 13.8 Å². The lowest BCUT2D eigenvalue weighted by Crippen LogP contribution is -1.91. The van der Waals surface area contributed by atoms with E-state index in [2.05, 4.69) is 103 Å². The maximum absolute atomic E-state index is 3.46. The number of nitrogens with one attached hydrogen (secondary N) is 1. The van der Waals surface area contributed by atoms with E-state index in [0.29, 0.717) is 0 Å². The van der Waals surface area contributed by atoms with Crippen molar-refractivity contribution in [3.8, 4) is 11.1 Å². The van der Waals surface area contributed by atoms with Crippen LogP contribution in [-0.2, 0) is 0 Å². The summed E-state index contributed by atoms with van der Waals surface area (Å²) in [5.41, 5.74) is 7.11. The van der Waals surface area contributed by atoms with Gasteiger partial charge in [-0.25, -0.2) is 0 Å². The van der Waals surface area contributed by atoms with Crippen LogP contribution >= 0.6 is 0 Å². The zero-order chi connectivity index (χ0) is 17.5. The molecule has 0 heterocycles. The normalized spacial score (nSPS) is 11.7. The molecule has 0 aliphatic heterocycles. The lowest BCUT2D eigenvalue weighted by atomic mass is 10.0. The summed E-state index contributed by atoms with van der Waals surface area (Å²) in [6.07, 6.45) is 6.32. The molecule has 0 aromatic heterocycles. The molecule has 1 nitrogen and oxygen atoms in total. The fourth-order valence-electron chi connectivity index (χ4n) is 2.83. The number of benzene rings is 3. The fraction of sp³-hybridized carbons (Fsp3) is 0.0833. The van der Waals surface area contributed by atoms with Crippen molar-refractivity contribution in [1.29, 1.82) is 0 Å². The van der Waals surface area contributed by atoms with Crippen molar-refractivity contribution < 1.29 is 0 Å². The van der Waals surface area contributed by atoms with E-state index < -0.39 is 0 Å². The van der Waals surface area contributed by atoms with Crippen LogP contribution in [0.3, 0.4) is 0 Å². The van der Waals surface area contributed by atoms with Gasteiger partial charge >= 0.3 is 0 Å². The van der Waals surface area contributed by atoms with E-state index in [1.807, 2.05) is 13.0 Å². The average molecular weight is 325 g/mol. The highest BCUT2D eigenvalue weighted by molar-refractivity contribution is 5.75. The maximum atomic E-state index is 3.46. The van der Waals surface area contributed by atoms with Gasteiger partial charge in [0.2, 0.25) is 0 Å². The Bertz CT molecular complexity index is 854. The van der Waals surface area contributed by atoms with Gasteiger partial charge < -0.3 is 5.32 Å². The van der Waals surface area contributed by atoms with Crippen molar-refractivity contribution in [3.63, 3.8) is 0 Å². The third kappa shape index (κ3) is 4.27. The molecular formula is C24H23N. The second kappa shape index (κ2) is 8.16. The molecule has 0 unspecified atom stereocenters. The number of rotatable bonds is 5. The van der Waals surface area contributed by atoms with E-state index in [1.165, 1.54) is 22.3 Å². The van der Waals surface area contributed by atoms with Crippen molar-refractivity contribution >= 4 is 16.9 Å². The van der Waals surface area contributed by atoms with Crippen molar-refractivity contribution in [1.82, 2.24) is 0 Å². The summed E-state index contributed by atoms with van der Waals surface area (Å²) >= 11 is 0. The third-order valence-corrected chi connectivity index (χ3v) is 4.16. The van der Waals surface area contributed by atoms with Gasteiger partial charge in [0.25, 0.3) is 0 Å². The predicted molar refractivity (Wildman–Crippen MR) is 110 cm³/mol. The van der Waals surface area contributed by atoms with Gasteiger partial charge in [-0.2, -0.15) is 0 Å². The summed E-state index contributed by atoms with van der Waals surface area (Å²) in [4.78, 5) is 0. The molecule has 0 spiro atoms. The molecule has 3 aromatic rings. The second-order valence-corrected chi connectivity index (χ2v) is 5.89. The lowest BCUT2D eigenvalue weighted by Gasteiger charge is -2.09. The number of hydrogen-bond donors (Lipinski definition) is 1. The second-order valence-electron chi connectivity index (χ2n) is 5.89. The molecule has 1 heteroatoms. The topological polar surface area (TPSA) is 12.0 Å². The highest BCUT2D eigenvalue weighted by Crippen LogP contribution is 2.24. The van der Waals surface area contributed by atoms with Crippen LogP contribution in [0.1, 0.15) is 19.4 Å². The Morgan fingerprint density at radius 2 is 1.24 bits per heavy atom. The molecule has 0 aliphatic carbocycles. The molecule has 25 heavy (non-hydrogen) atoms. The Morgan fingerprint density at radius 3 is 1.80 bits per heavy atom. The Morgan fingerprint density at radius 1 is 0.680 bits per heavy atom. The summed E-state index contributed by atoms with van der Waals surface area (Å²) in [6, 6.07) is 27.5. The molecule has 0 radical (unpaired) electrons. The summed E-state index contributed by atoms with van der Waals surface area (Å²) in [5.74, 6) is 0.